The van der Waals surface area contributed by atoms with Crippen molar-refractivity contribution in [2.75, 3.05) is 25.0 Å². The number of anilines is 1. The van der Waals surface area contributed by atoms with E-state index in [0.29, 0.717) is 17.1 Å². The Balaban J connectivity index is 0.00000484. The van der Waals surface area contributed by atoms with E-state index in [4.69, 9.17) is 17.3 Å². The zero-order valence-electron chi connectivity index (χ0n) is 12.6. The molecule has 7 nitrogen and oxygen atoms in total. The summed E-state index contributed by atoms with van der Waals surface area (Å²) in [5, 5.41) is 7.99. The SMILES string of the molecule is CCCNC(=O)c1ccc(Cl)cc1NC(=O)CNC(=O)CN.Cl. The first-order valence-electron chi connectivity index (χ1n) is 6.82. The second kappa shape index (κ2) is 10.8. The minimum Gasteiger partial charge on any atom is -0.352 e. The zero-order chi connectivity index (χ0) is 16.5. The molecule has 1 rings (SSSR count). The number of nitrogens with one attached hydrogen (secondary N) is 3. The molecule has 0 radical (unpaired) electrons. The van der Waals surface area contributed by atoms with E-state index < -0.39 is 11.8 Å². The molecule has 128 valence electrons. The fourth-order valence-corrected chi connectivity index (χ4v) is 1.77. The molecule has 0 aromatic heterocycles. The summed E-state index contributed by atoms with van der Waals surface area (Å²) in [4.78, 5) is 34.8. The third-order valence-corrected chi connectivity index (χ3v) is 2.90. The van der Waals surface area contributed by atoms with Gasteiger partial charge in [0.25, 0.3) is 5.91 Å². The van der Waals surface area contributed by atoms with Crippen LogP contribution in [0, 0.1) is 0 Å². The molecule has 5 N–H and O–H groups in total. The van der Waals surface area contributed by atoms with Gasteiger partial charge in [-0.05, 0) is 24.6 Å². The van der Waals surface area contributed by atoms with Gasteiger partial charge in [0.2, 0.25) is 11.8 Å². The largest absolute Gasteiger partial charge is 0.352 e. The van der Waals surface area contributed by atoms with Gasteiger partial charge in [-0.2, -0.15) is 0 Å². The highest BCUT2D eigenvalue weighted by atomic mass is 35.5. The van der Waals surface area contributed by atoms with Crippen LogP contribution in [0.3, 0.4) is 0 Å². The summed E-state index contributed by atoms with van der Waals surface area (Å²) in [5.41, 5.74) is 5.71. The highest BCUT2D eigenvalue weighted by molar-refractivity contribution is 6.31. The smallest absolute Gasteiger partial charge is 0.253 e. The van der Waals surface area contributed by atoms with Crippen molar-refractivity contribution in [2.24, 2.45) is 5.73 Å². The quantitative estimate of drug-likeness (QED) is 0.577. The van der Waals surface area contributed by atoms with Crippen LogP contribution in [0.25, 0.3) is 0 Å². The predicted octanol–water partition coefficient (Wildman–Crippen LogP) is 0.915. The molecule has 1 aromatic carbocycles. The van der Waals surface area contributed by atoms with E-state index >= 15 is 0 Å². The lowest BCUT2D eigenvalue weighted by Crippen LogP contribution is -2.37. The van der Waals surface area contributed by atoms with E-state index in [0.717, 1.165) is 6.42 Å². The van der Waals surface area contributed by atoms with Gasteiger partial charge in [-0.25, -0.2) is 0 Å². The van der Waals surface area contributed by atoms with Crippen molar-refractivity contribution in [1.82, 2.24) is 10.6 Å². The van der Waals surface area contributed by atoms with E-state index in [1.54, 1.807) is 6.07 Å². The van der Waals surface area contributed by atoms with Gasteiger partial charge in [0.15, 0.2) is 0 Å². The number of rotatable bonds is 7. The molecule has 9 heteroatoms. The van der Waals surface area contributed by atoms with Gasteiger partial charge in [-0.15, -0.1) is 12.4 Å². The van der Waals surface area contributed by atoms with Crippen LogP contribution in [0.4, 0.5) is 5.69 Å². The number of amides is 3. The van der Waals surface area contributed by atoms with Crippen molar-refractivity contribution in [3.63, 3.8) is 0 Å². The molecule has 0 heterocycles. The lowest BCUT2D eigenvalue weighted by atomic mass is 10.1. The molecule has 3 amide bonds. The number of benzene rings is 1. The van der Waals surface area contributed by atoms with E-state index in [1.165, 1.54) is 12.1 Å². The van der Waals surface area contributed by atoms with Crippen molar-refractivity contribution < 1.29 is 14.4 Å². The maximum Gasteiger partial charge on any atom is 0.253 e. The first-order valence-corrected chi connectivity index (χ1v) is 7.20. The van der Waals surface area contributed by atoms with E-state index in [9.17, 15) is 14.4 Å². The second-order valence-electron chi connectivity index (χ2n) is 4.47. The van der Waals surface area contributed by atoms with Crippen molar-refractivity contribution >= 4 is 47.4 Å². The minimum atomic E-state index is -0.478. The molecule has 0 saturated carbocycles. The van der Waals surface area contributed by atoms with Crippen LogP contribution >= 0.6 is 24.0 Å². The predicted molar refractivity (Wildman–Crippen MR) is 92.0 cm³/mol. The lowest BCUT2D eigenvalue weighted by molar-refractivity contribution is -0.123. The summed E-state index contributed by atoms with van der Waals surface area (Å²) in [6.07, 6.45) is 0.798. The van der Waals surface area contributed by atoms with Crippen LogP contribution in [-0.2, 0) is 9.59 Å². The topological polar surface area (TPSA) is 113 Å². The maximum atomic E-state index is 12.0. The molecule has 1 aromatic rings. The molecule has 0 spiro atoms. The monoisotopic (exact) mass is 362 g/mol. The Hall–Kier alpha value is -1.83. The highest BCUT2D eigenvalue weighted by Gasteiger charge is 2.14. The normalized spacial score (nSPS) is 9.52. The highest BCUT2D eigenvalue weighted by Crippen LogP contribution is 2.21. The number of hydrogen-bond donors (Lipinski definition) is 4. The van der Waals surface area contributed by atoms with Crippen LogP contribution in [0.15, 0.2) is 18.2 Å². The van der Waals surface area contributed by atoms with Crippen molar-refractivity contribution in [3.8, 4) is 0 Å². The summed E-state index contributed by atoms with van der Waals surface area (Å²) < 4.78 is 0. The number of halogens is 2. The third kappa shape index (κ3) is 7.32. The van der Waals surface area contributed by atoms with Crippen LogP contribution in [0.5, 0.6) is 0 Å². The standard InChI is InChI=1S/C14H19ClN4O3.ClH/c1-2-5-17-14(22)10-4-3-9(15)6-11(10)19-13(21)8-18-12(20)7-16;/h3-4,6H,2,5,7-8,16H2,1H3,(H,17,22)(H,18,20)(H,19,21);1H. The average molecular weight is 363 g/mol. The molecule has 0 aliphatic carbocycles. The first kappa shape index (κ1) is 21.2. The molecule has 0 saturated heterocycles. The van der Waals surface area contributed by atoms with E-state index in [-0.39, 0.29) is 37.1 Å². The minimum absolute atomic E-state index is 0. The maximum absolute atomic E-state index is 12.0. The molecule has 0 aliphatic rings. The van der Waals surface area contributed by atoms with Crippen molar-refractivity contribution in [2.45, 2.75) is 13.3 Å². The summed E-state index contributed by atoms with van der Waals surface area (Å²) in [5.74, 6) is -1.23. The zero-order valence-corrected chi connectivity index (χ0v) is 14.2. The number of nitrogens with two attached hydrogens (primary N) is 1. The van der Waals surface area contributed by atoms with Gasteiger partial charge in [0.05, 0.1) is 24.3 Å². The van der Waals surface area contributed by atoms with Gasteiger partial charge in [0, 0.05) is 11.6 Å². The van der Waals surface area contributed by atoms with Gasteiger partial charge in [-0.1, -0.05) is 18.5 Å². The van der Waals surface area contributed by atoms with Crippen LogP contribution in [0.1, 0.15) is 23.7 Å². The van der Waals surface area contributed by atoms with Crippen LogP contribution in [0.2, 0.25) is 5.02 Å². The van der Waals surface area contributed by atoms with Crippen molar-refractivity contribution in [1.29, 1.82) is 0 Å². The Morgan fingerprint density at radius 2 is 1.87 bits per heavy atom. The molecule has 0 atom stereocenters. The Morgan fingerprint density at radius 3 is 2.48 bits per heavy atom. The van der Waals surface area contributed by atoms with Crippen LogP contribution < -0.4 is 21.7 Å². The van der Waals surface area contributed by atoms with E-state index in [2.05, 4.69) is 16.0 Å². The van der Waals surface area contributed by atoms with Crippen molar-refractivity contribution in [3.05, 3.63) is 28.8 Å². The summed E-state index contributed by atoms with van der Waals surface area (Å²) in [7, 11) is 0. The fraction of sp³-hybridized carbons (Fsp3) is 0.357. The lowest BCUT2D eigenvalue weighted by Gasteiger charge is -2.12. The average Bonchev–Trinajstić information content (AvgIpc) is 2.50. The fourth-order valence-electron chi connectivity index (χ4n) is 1.60. The first-order chi connectivity index (χ1) is 10.5. The molecular weight excluding hydrogens is 343 g/mol. The summed E-state index contributed by atoms with van der Waals surface area (Å²) in [6.45, 7) is 2.03. The Labute approximate surface area is 145 Å². The number of carbonyl (C=O) groups is 3. The Morgan fingerprint density at radius 1 is 1.17 bits per heavy atom. The molecule has 0 aliphatic heterocycles. The van der Waals surface area contributed by atoms with Gasteiger partial charge in [0.1, 0.15) is 0 Å². The second-order valence-corrected chi connectivity index (χ2v) is 4.91. The van der Waals surface area contributed by atoms with Gasteiger partial charge >= 0.3 is 0 Å². The molecule has 0 bridgehead atoms. The molecule has 23 heavy (non-hydrogen) atoms. The number of carbonyl (C=O) groups excluding carboxylic acids is 3. The number of hydrogen-bond acceptors (Lipinski definition) is 4. The summed E-state index contributed by atoms with van der Waals surface area (Å²) in [6, 6.07) is 4.57. The Bertz CT molecular complexity index is 567. The van der Waals surface area contributed by atoms with Gasteiger partial charge in [-0.3, -0.25) is 14.4 Å². The molecular formula is C14H20Cl2N4O3. The molecule has 0 unspecified atom stereocenters. The van der Waals surface area contributed by atoms with Crippen LogP contribution in [-0.4, -0.2) is 37.4 Å². The van der Waals surface area contributed by atoms with Gasteiger partial charge < -0.3 is 21.7 Å². The van der Waals surface area contributed by atoms with E-state index in [1.807, 2.05) is 6.92 Å². The summed E-state index contributed by atoms with van der Waals surface area (Å²) >= 11 is 5.89. The Kier molecular flexibility index (Phi) is 9.96. The molecule has 0 fully saturated rings. The third-order valence-electron chi connectivity index (χ3n) is 2.67.